The minimum atomic E-state index is -1.10. The third kappa shape index (κ3) is 7.84. The number of fused-ring (bicyclic) bond motifs is 1. The fourth-order valence-corrected chi connectivity index (χ4v) is 6.64. The normalized spacial score (nSPS) is 18.9. The zero-order valence-corrected chi connectivity index (χ0v) is 23.4. The monoisotopic (exact) mass is 558 g/mol. The quantitative estimate of drug-likeness (QED) is 0.171. The molecule has 5 nitrogen and oxygen atoms in total. The number of piperidine rings is 1. The van der Waals surface area contributed by atoms with E-state index in [0.717, 1.165) is 65.5 Å². The van der Waals surface area contributed by atoms with Crippen LogP contribution in [0.5, 0.6) is 5.75 Å². The number of hydrogen-bond donors (Lipinski definition) is 1. The number of methoxy groups -OCH3 is 1. The first-order chi connectivity index (χ1) is 18.4. The van der Waals surface area contributed by atoms with E-state index in [-0.39, 0.29) is 12.3 Å². The molecule has 0 aliphatic carbocycles. The zero-order valence-electron chi connectivity index (χ0n) is 21.8. The largest absolute Gasteiger partial charge is 0.497 e. The summed E-state index contributed by atoms with van der Waals surface area (Å²) in [4.78, 5) is 19.3. The van der Waals surface area contributed by atoms with Gasteiger partial charge in [0.05, 0.1) is 17.6 Å². The van der Waals surface area contributed by atoms with Gasteiger partial charge in [-0.1, -0.05) is 23.7 Å². The van der Waals surface area contributed by atoms with Crippen molar-refractivity contribution in [2.75, 3.05) is 32.5 Å². The Morgan fingerprint density at radius 2 is 2.08 bits per heavy atom. The number of carbonyl (C=O) groups is 1. The molecule has 204 valence electrons. The predicted molar refractivity (Wildman–Crippen MR) is 153 cm³/mol. The number of hydrogen-bond acceptors (Lipinski definition) is 5. The number of carboxylic acid groups (broad SMARTS) is 1. The molecule has 0 amide bonds. The topological polar surface area (TPSA) is 62.7 Å². The lowest BCUT2D eigenvalue weighted by atomic mass is 9.79. The highest BCUT2D eigenvalue weighted by Crippen LogP contribution is 2.37. The van der Waals surface area contributed by atoms with Gasteiger partial charge in [0.25, 0.3) is 0 Å². The van der Waals surface area contributed by atoms with Crippen molar-refractivity contribution in [3.8, 4) is 5.75 Å². The van der Waals surface area contributed by atoms with Gasteiger partial charge in [-0.2, -0.15) is 0 Å². The summed E-state index contributed by atoms with van der Waals surface area (Å²) < 4.78 is 20.9. The van der Waals surface area contributed by atoms with E-state index in [1.807, 2.05) is 42.5 Å². The smallest absolute Gasteiger partial charge is 0.303 e. The van der Waals surface area contributed by atoms with Gasteiger partial charge in [0.2, 0.25) is 0 Å². The fraction of sp³-hybridized carbons (Fsp3) is 0.467. The third-order valence-corrected chi connectivity index (χ3v) is 9.13. The number of ether oxygens (including phenoxy) is 1. The number of pyridine rings is 1. The number of likely N-dealkylation sites (tertiary alicyclic amines) is 1. The SMILES string of the molecule is COc1ccc2nccc(C(F)CC[C@@H]3CCN(CCCSc4ccccc4Cl)C[C@@H]3CCC(=O)O)c2c1. The van der Waals surface area contributed by atoms with Crippen molar-refractivity contribution in [1.82, 2.24) is 9.88 Å². The van der Waals surface area contributed by atoms with E-state index in [4.69, 9.17) is 16.3 Å². The second-order valence-electron chi connectivity index (χ2n) is 10.0. The molecule has 8 heteroatoms. The Balaban J connectivity index is 1.32. The molecule has 0 saturated carbocycles. The van der Waals surface area contributed by atoms with Crippen LogP contribution in [0.1, 0.15) is 50.3 Å². The maximum Gasteiger partial charge on any atom is 0.303 e. The Morgan fingerprint density at radius 1 is 1.24 bits per heavy atom. The van der Waals surface area contributed by atoms with E-state index < -0.39 is 12.1 Å². The second kappa shape index (κ2) is 14.2. The van der Waals surface area contributed by atoms with E-state index in [2.05, 4.69) is 9.88 Å². The van der Waals surface area contributed by atoms with Crippen LogP contribution in [0.25, 0.3) is 10.9 Å². The van der Waals surface area contributed by atoms with Crippen molar-refractivity contribution in [2.24, 2.45) is 11.8 Å². The second-order valence-corrected chi connectivity index (χ2v) is 11.5. The fourth-order valence-electron chi connectivity index (χ4n) is 5.47. The van der Waals surface area contributed by atoms with Gasteiger partial charge in [-0.15, -0.1) is 11.8 Å². The number of nitrogens with zero attached hydrogens (tertiary/aromatic N) is 2. The first-order valence-electron chi connectivity index (χ1n) is 13.3. The number of benzene rings is 2. The number of carboxylic acids is 1. The van der Waals surface area contributed by atoms with Crippen molar-refractivity contribution in [3.05, 3.63) is 65.3 Å². The van der Waals surface area contributed by atoms with Crippen LogP contribution in [-0.4, -0.2) is 53.5 Å². The summed E-state index contributed by atoms with van der Waals surface area (Å²) in [5.41, 5.74) is 1.40. The lowest BCUT2D eigenvalue weighted by Crippen LogP contribution is -2.41. The van der Waals surface area contributed by atoms with Crippen molar-refractivity contribution < 1.29 is 19.0 Å². The van der Waals surface area contributed by atoms with Gasteiger partial charge in [0.1, 0.15) is 11.9 Å². The maximum absolute atomic E-state index is 15.6. The number of thioether (sulfide) groups is 1. The van der Waals surface area contributed by atoms with Crippen molar-refractivity contribution in [3.63, 3.8) is 0 Å². The Kier molecular flexibility index (Phi) is 10.7. The van der Waals surface area contributed by atoms with Gasteiger partial charge < -0.3 is 14.7 Å². The number of aromatic nitrogens is 1. The first kappa shape index (κ1) is 28.7. The van der Waals surface area contributed by atoms with Crippen LogP contribution < -0.4 is 4.74 Å². The van der Waals surface area contributed by atoms with Crippen LogP contribution in [0.3, 0.4) is 0 Å². The molecule has 38 heavy (non-hydrogen) atoms. The van der Waals surface area contributed by atoms with Crippen molar-refractivity contribution in [1.29, 1.82) is 0 Å². The van der Waals surface area contributed by atoms with E-state index in [9.17, 15) is 9.90 Å². The molecule has 4 rings (SSSR count). The Hall–Kier alpha value is -2.35. The van der Waals surface area contributed by atoms with E-state index in [0.29, 0.717) is 30.1 Å². The third-order valence-electron chi connectivity index (χ3n) is 7.53. The molecule has 3 aromatic rings. The van der Waals surface area contributed by atoms with Crippen molar-refractivity contribution in [2.45, 2.75) is 49.6 Å². The maximum atomic E-state index is 15.6. The molecule has 2 heterocycles. The highest BCUT2D eigenvalue weighted by atomic mass is 35.5. The van der Waals surface area contributed by atoms with E-state index in [1.165, 1.54) is 0 Å². The van der Waals surface area contributed by atoms with Crippen LogP contribution in [0, 0.1) is 11.8 Å². The summed E-state index contributed by atoms with van der Waals surface area (Å²) in [6.07, 6.45) is 4.52. The zero-order chi connectivity index (χ0) is 26.9. The average Bonchev–Trinajstić information content (AvgIpc) is 2.93. The van der Waals surface area contributed by atoms with Gasteiger partial charge in [-0.25, -0.2) is 4.39 Å². The molecule has 0 radical (unpaired) electrons. The summed E-state index contributed by atoms with van der Waals surface area (Å²) in [5, 5.41) is 10.9. The number of rotatable bonds is 13. The Labute approximate surface area is 233 Å². The number of aliphatic carboxylic acids is 1. The molecule has 1 aliphatic heterocycles. The van der Waals surface area contributed by atoms with Crippen LogP contribution in [0.2, 0.25) is 5.02 Å². The van der Waals surface area contributed by atoms with Gasteiger partial charge in [0.15, 0.2) is 0 Å². The molecule has 1 aliphatic rings. The molecular weight excluding hydrogens is 523 g/mol. The Morgan fingerprint density at radius 3 is 2.87 bits per heavy atom. The highest BCUT2D eigenvalue weighted by molar-refractivity contribution is 7.99. The molecule has 1 fully saturated rings. The van der Waals surface area contributed by atoms with Crippen LogP contribution >= 0.6 is 23.4 Å². The lowest BCUT2D eigenvalue weighted by Gasteiger charge is -2.39. The van der Waals surface area contributed by atoms with Crippen molar-refractivity contribution >= 4 is 40.2 Å². The average molecular weight is 559 g/mol. The number of halogens is 2. The summed E-state index contributed by atoms with van der Waals surface area (Å²) in [5.74, 6) is 1.49. The van der Waals surface area contributed by atoms with Crippen LogP contribution in [0.4, 0.5) is 4.39 Å². The molecule has 2 aromatic carbocycles. The van der Waals surface area contributed by atoms with Crippen LogP contribution in [-0.2, 0) is 4.79 Å². The highest BCUT2D eigenvalue weighted by Gasteiger charge is 2.30. The van der Waals surface area contributed by atoms with Gasteiger partial charge in [0, 0.05) is 29.4 Å². The molecule has 1 unspecified atom stereocenters. The van der Waals surface area contributed by atoms with E-state index in [1.54, 1.807) is 31.1 Å². The molecule has 0 bridgehead atoms. The first-order valence-corrected chi connectivity index (χ1v) is 14.7. The Bertz CT molecular complexity index is 1210. The molecule has 1 saturated heterocycles. The van der Waals surface area contributed by atoms with E-state index >= 15 is 4.39 Å². The summed E-state index contributed by atoms with van der Waals surface area (Å²) >= 11 is 8.04. The standard InChI is InChI=1S/C30H36ClFN2O3S/c1-37-23-9-11-28-25(19-23)24(13-15-33-28)27(32)10-7-21-14-17-34(20-22(21)8-12-30(35)36)16-4-18-38-29-6-3-2-5-26(29)31/h2-3,5-6,9,11,13,15,19,21-22,27H,4,7-8,10,12,14,16-18,20H2,1H3,(H,35,36)/t21-,22+,27?/m1/s1. The minimum absolute atomic E-state index is 0.158. The lowest BCUT2D eigenvalue weighted by molar-refractivity contribution is -0.137. The molecule has 1 aromatic heterocycles. The predicted octanol–water partition coefficient (Wildman–Crippen LogP) is 7.67. The summed E-state index contributed by atoms with van der Waals surface area (Å²) in [7, 11) is 1.60. The van der Waals surface area contributed by atoms with Gasteiger partial charge in [-0.05, 0) is 105 Å². The minimum Gasteiger partial charge on any atom is -0.497 e. The van der Waals surface area contributed by atoms with Gasteiger partial charge >= 0.3 is 5.97 Å². The molecular formula is C30H36ClFN2O3S. The summed E-state index contributed by atoms with van der Waals surface area (Å²) in [6.45, 7) is 2.82. The number of alkyl halides is 1. The molecule has 0 spiro atoms. The summed E-state index contributed by atoms with van der Waals surface area (Å²) in [6, 6.07) is 15.2. The van der Waals surface area contributed by atoms with Crippen LogP contribution in [0.15, 0.2) is 59.6 Å². The molecule has 3 atom stereocenters. The molecule has 1 N–H and O–H groups in total. The van der Waals surface area contributed by atoms with Gasteiger partial charge in [-0.3, -0.25) is 9.78 Å².